The first-order valence-electron chi connectivity index (χ1n) is 10.2. The highest BCUT2D eigenvalue weighted by atomic mass is 32.2. The summed E-state index contributed by atoms with van der Waals surface area (Å²) in [7, 11) is -0.946. The van der Waals surface area contributed by atoms with Crippen LogP contribution in [0.2, 0.25) is 0 Å². The average molecular weight is 479 g/mol. The van der Waals surface area contributed by atoms with Gasteiger partial charge in [0, 0.05) is 25.1 Å². The summed E-state index contributed by atoms with van der Waals surface area (Å²) in [4.78, 5) is 17.1. The van der Waals surface area contributed by atoms with Crippen molar-refractivity contribution in [3.63, 3.8) is 0 Å². The van der Waals surface area contributed by atoms with E-state index >= 15 is 0 Å². The Balaban J connectivity index is 1.56. The monoisotopic (exact) mass is 478 g/mol. The van der Waals surface area contributed by atoms with E-state index in [9.17, 15) is 13.2 Å². The van der Waals surface area contributed by atoms with Gasteiger partial charge in [-0.15, -0.1) is 0 Å². The Bertz CT molecular complexity index is 1430. The summed E-state index contributed by atoms with van der Waals surface area (Å²) in [6.45, 7) is 1.68. The number of ether oxygens (including phenoxy) is 1. The molecule has 0 bridgehead atoms. The van der Waals surface area contributed by atoms with Gasteiger partial charge in [-0.25, -0.2) is 8.42 Å². The fraction of sp³-hybridized carbons (Fsp3) is 0.125. The summed E-state index contributed by atoms with van der Waals surface area (Å²) in [5.41, 5.74) is 1.80. The van der Waals surface area contributed by atoms with Crippen molar-refractivity contribution in [2.75, 3.05) is 23.8 Å². The number of nitrogens with zero attached hydrogens (tertiary/aromatic N) is 3. The normalized spacial score (nSPS) is 11.1. The standard InChI is InChI=1S/C24H22N4O5S/c1-16-25-23(27-33-16)19-8-4-5-9-20(19)26-24(29)17-12-14-18(15-13-17)34(30,31)28(2)21-10-6-7-11-22(21)32-3/h4-15H,1-3H3,(H,26,29). The van der Waals surface area contributed by atoms with Crippen molar-refractivity contribution in [1.82, 2.24) is 10.1 Å². The first kappa shape index (κ1) is 23.0. The van der Waals surface area contributed by atoms with Gasteiger partial charge in [0.15, 0.2) is 0 Å². The number of sulfonamides is 1. The summed E-state index contributed by atoms with van der Waals surface area (Å²) < 4.78 is 37.7. The largest absolute Gasteiger partial charge is 0.495 e. The minimum absolute atomic E-state index is 0.0418. The van der Waals surface area contributed by atoms with Gasteiger partial charge in [-0.2, -0.15) is 4.98 Å². The molecule has 0 saturated heterocycles. The fourth-order valence-corrected chi connectivity index (χ4v) is 4.55. The zero-order valence-electron chi connectivity index (χ0n) is 18.7. The maximum absolute atomic E-state index is 13.1. The molecule has 1 aromatic heterocycles. The van der Waals surface area contributed by atoms with Crippen LogP contribution in [0.1, 0.15) is 16.2 Å². The predicted molar refractivity (Wildman–Crippen MR) is 127 cm³/mol. The van der Waals surface area contributed by atoms with Crippen LogP contribution < -0.4 is 14.4 Å². The first-order valence-corrected chi connectivity index (χ1v) is 11.7. The van der Waals surface area contributed by atoms with E-state index in [0.29, 0.717) is 34.4 Å². The maximum atomic E-state index is 13.1. The number of rotatable bonds is 7. The molecule has 1 N–H and O–H groups in total. The third-order valence-electron chi connectivity index (χ3n) is 5.14. The van der Waals surface area contributed by atoms with Crippen LogP contribution in [0.15, 0.2) is 82.2 Å². The van der Waals surface area contributed by atoms with Gasteiger partial charge >= 0.3 is 0 Å². The number of amides is 1. The number of carbonyl (C=O) groups is 1. The van der Waals surface area contributed by atoms with Gasteiger partial charge in [-0.05, 0) is 48.5 Å². The lowest BCUT2D eigenvalue weighted by molar-refractivity contribution is 0.102. The molecular formula is C24H22N4O5S. The zero-order chi connectivity index (χ0) is 24.3. The van der Waals surface area contributed by atoms with Crippen LogP contribution >= 0.6 is 0 Å². The summed E-state index contributed by atoms with van der Waals surface area (Å²) in [6, 6.07) is 19.6. The van der Waals surface area contributed by atoms with Gasteiger partial charge in [0.25, 0.3) is 15.9 Å². The lowest BCUT2D eigenvalue weighted by atomic mass is 10.1. The van der Waals surface area contributed by atoms with E-state index in [1.54, 1.807) is 55.5 Å². The van der Waals surface area contributed by atoms with Crippen LogP contribution in [0.5, 0.6) is 5.75 Å². The van der Waals surface area contributed by atoms with E-state index in [1.807, 2.05) is 0 Å². The van der Waals surface area contributed by atoms with E-state index in [2.05, 4.69) is 15.5 Å². The van der Waals surface area contributed by atoms with Gasteiger partial charge in [0.2, 0.25) is 11.7 Å². The highest BCUT2D eigenvalue weighted by Crippen LogP contribution is 2.31. The number of hydrogen-bond acceptors (Lipinski definition) is 7. The number of aryl methyl sites for hydroxylation is 1. The van der Waals surface area contributed by atoms with Crippen molar-refractivity contribution in [1.29, 1.82) is 0 Å². The molecule has 34 heavy (non-hydrogen) atoms. The minimum Gasteiger partial charge on any atom is -0.495 e. The smallest absolute Gasteiger partial charge is 0.264 e. The Morgan fingerprint density at radius 2 is 1.68 bits per heavy atom. The van der Waals surface area contributed by atoms with E-state index in [-0.39, 0.29) is 10.5 Å². The predicted octanol–water partition coefficient (Wildman–Crippen LogP) is 4.13. The molecule has 10 heteroatoms. The second-order valence-electron chi connectivity index (χ2n) is 7.31. The van der Waals surface area contributed by atoms with E-state index in [0.717, 1.165) is 4.31 Å². The van der Waals surface area contributed by atoms with Crippen LogP contribution in [0.3, 0.4) is 0 Å². The molecule has 0 spiro atoms. The average Bonchev–Trinajstić information content (AvgIpc) is 3.29. The minimum atomic E-state index is -3.87. The molecule has 0 unspecified atom stereocenters. The molecule has 0 atom stereocenters. The van der Waals surface area contributed by atoms with Crippen molar-refractivity contribution in [2.45, 2.75) is 11.8 Å². The van der Waals surface area contributed by atoms with E-state index in [4.69, 9.17) is 9.26 Å². The summed E-state index contributed by atoms with van der Waals surface area (Å²) in [6.07, 6.45) is 0. The van der Waals surface area contributed by atoms with Crippen LogP contribution in [0, 0.1) is 6.92 Å². The van der Waals surface area contributed by atoms with Crippen molar-refractivity contribution >= 4 is 27.3 Å². The van der Waals surface area contributed by atoms with Crippen molar-refractivity contribution < 1.29 is 22.5 Å². The van der Waals surface area contributed by atoms with E-state index in [1.165, 1.54) is 38.4 Å². The Morgan fingerprint density at radius 1 is 1.00 bits per heavy atom. The van der Waals surface area contributed by atoms with Crippen molar-refractivity contribution in [2.24, 2.45) is 0 Å². The molecule has 4 rings (SSSR count). The number of anilines is 2. The first-order chi connectivity index (χ1) is 16.3. The van der Waals surface area contributed by atoms with Crippen molar-refractivity contribution in [3.8, 4) is 17.1 Å². The molecule has 0 aliphatic rings. The molecule has 1 heterocycles. The molecule has 174 valence electrons. The Labute approximate surface area is 197 Å². The fourth-order valence-electron chi connectivity index (χ4n) is 3.35. The second kappa shape index (κ2) is 9.36. The molecule has 0 radical (unpaired) electrons. The highest BCUT2D eigenvalue weighted by molar-refractivity contribution is 7.92. The number of aromatic nitrogens is 2. The maximum Gasteiger partial charge on any atom is 0.264 e. The van der Waals surface area contributed by atoms with Gasteiger partial charge < -0.3 is 14.6 Å². The summed E-state index contributed by atoms with van der Waals surface area (Å²) in [5, 5.41) is 6.72. The van der Waals surface area contributed by atoms with Gasteiger partial charge in [-0.3, -0.25) is 9.10 Å². The molecule has 9 nitrogen and oxygen atoms in total. The number of carbonyl (C=O) groups excluding carboxylic acids is 1. The number of hydrogen-bond donors (Lipinski definition) is 1. The zero-order valence-corrected chi connectivity index (χ0v) is 19.5. The summed E-state index contributed by atoms with van der Waals surface area (Å²) >= 11 is 0. The van der Waals surface area contributed by atoms with Crippen LogP contribution in [-0.2, 0) is 10.0 Å². The highest BCUT2D eigenvalue weighted by Gasteiger charge is 2.24. The Morgan fingerprint density at radius 3 is 2.35 bits per heavy atom. The third kappa shape index (κ3) is 4.48. The topological polar surface area (TPSA) is 115 Å². The van der Waals surface area contributed by atoms with Crippen LogP contribution in [-0.4, -0.2) is 38.6 Å². The SMILES string of the molecule is COc1ccccc1N(C)S(=O)(=O)c1ccc(C(=O)Nc2ccccc2-c2noc(C)n2)cc1. The number of nitrogens with one attached hydrogen (secondary N) is 1. The molecule has 0 fully saturated rings. The van der Waals surface area contributed by atoms with E-state index < -0.39 is 15.9 Å². The summed E-state index contributed by atoms with van der Waals surface area (Å²) in [5.74, 6) is 0.787. The molecule has 4 aromatic rings. The van der Waals surface area contributed by atoms with Gasteiger partial charge in [-0.1, -0.05) is 29.4 Å². The second-order valence-corrected chi connectivity index (χ2v) is 9.27. The van der Waals surface area contributed by atoms with Gasteiger partial charge in [0.1, 0.15) is 5.75 Å². The number of benzene rings is 3. The lowest BCUT2D eigenvalue weighted by Crippen LogP contribution is -2.27. The lowest BCUT2D eigenvalue weighted by Gasteiger charge is -2.21. The molecule has 0 saturated carbocycles. The van der Waals surface area contributed by atoms with Gasteiger partial charge in [0.05, 0.1) is 23.4 Å². The van der Waals surface area contributed by atoms with Crippen LogP contribution in [0.4, 0.5) is 11.4 Å². The Hall–Kier alpha value is -4.18. The number of para-hydroxylation sites is 3. The molecule has 3 aromatic carbocycles. The van der Waals surface area contributed by atoms with Crippen molar-refractivity contribution in [3.05, 3.63) is 84.3 Å². The molecular weight excluding hydrogens is 456 g/mol. The van der Waals surface area contributed by atoms with Crippen LogP contribution in [0.25, 0.3) is 11.4 Å². The molecule has 1 amide bonds. The third-order valence-corrected chi connectivity index (χ3v) is 6.93. The Kier molecular flexibility index (Phi) is 6.33. The number of methoxy groups -OCH3 is 1. The quantitative estimate of drug-likeness (QED) is 0.425. The molecule has 0 aliphatic heterocycles. The molecule has 0 aliphatic carbocycles.